The predicted octanol–water partition coefficient (Wildman–Crippen LogP) is 1.95. The molecule has 1 aromatic heterocycles. The van der Waals surface area contributed by atoms with Crippen LogP contribution >= 0.6 is 33.8 Å². The van der Waals surface area contributed by atoms with Crippen molar-refractivity contribution in [1.29, 1.82) is 0 Å². The van der Waals surface area contributed by atoms with Crippen LogP contribution < -0.4 is 5.73 Å². The highest BCUT2D eigenvalue weighted by atomic mass is 33.1. The Balaban J connectivity index is 2.09. The van der Waals surface area contributed by atoms with Gasteiger partial charge in [-0.2, -0.15) is 0 Å². The van der Waals surface area contributed by atoms with Crippen molar-refractivity contribution in [3.63, 3.8) is 0 Å². The smallest absolute Gasteiger partial charge is 0.240 e. The number of hydrogen-bond donors (Lipinski definition) is 2. The summed E-state index contributed by atoms with van der Waals surface area (Å²) in [5, 5.41) is 0. The van der Waals surface area contributed by atoms with E-state index in [2.05, 4.69) is 16.6 Å². The third-order valence-electron chi connectivity index (χ3n) is 3.10. The lowest BCUT2D eigenvalue weighted by atomic mass is 10.0. The fraction of sp³-hybridized carbons (Fsp3) is 0.636. The zero-order valence-corrected chi connectivity index (χ0v) is 12.9. The Morgan fingerprint density at radius 2 is 2.33 bits per heavy atom. The molecule has 0 spiro atoms. The highest BCUT2D eigenvalue weighted by Crippen LogP contribution is 2.32. The van der Waals surface area contributed by atoms with Crippen LogP contribution in [-0.4, -0.2) is 28.4 Å². The lowest BCUT2D eigenvalue weighted by Gasteiger charge is -2.29. The number of thiol groups is 1. The average Bonchev–Trinajstić information content (AvgIpc) is 2.78. The number of carbonyl (C=O) groups is 1. The number of rotatable bonds is 3. The summed E-state index contributed by atoms with van der Waals surface area (Å²) in [7, 11) is 1.36. The largest absolute Gasteiger partial charge is 0.336 e. The van der Waals surface area contributed by atoms with Crippen molar-refractivity contribution in [3.05, 3.63) is 10.6 Å². The summed E-state index contributed by atoms with van der Waals surface area (Å²) in [5.41, 5.74) is 7.03. The molecule has 7 heteroatoms. The van der Waals surface area contributed by atoms with Gasteiger partial charge < -0.3 is 10.6 Å². The minimum Gasteiger partial charge on any atom is -0.336 e. The Kier molecular flexibility index (Phi) is 4.58. The molecule has 1 amide bonds. The Hall–Kier alpha value is -0.240. The first kappa shape index (κ1) is 14.2. The van der Waals surface area contributed by atoms with E-state index in [9.17, 15) is 4.79 Å². The molecule has 1 aromatic rings. The number of hydrogen-bond acceptors (Lipinski definition) is 6. The van der Waals surface area contributed by atoms with Crippen molar-refractivity contribution in [2.45, 2.75) is 37.2 Å². The molecular formula is C11H17N3OS3. The van der Waals surface area contributed by atoms with Gasteiger partial charge in [-0.25, -0.2) is 4.98 Å². The highest BCUT2D eigenvalue weighted by molar-refractivity contribution is 8.69. The number of carbonyl (C=O) groups excluding carboxylic acids is 1. The first-order valence-corrected chi connectivity index (χ1v) is 8.55. The van der Waals surface area contributed by atoms with E-state index in [4.69, 9.17) is 5.73 Å². The van der Waals surface area contributed by atoms with Crippen molar-refractivity contribution in [2.24, 2.45) is 11.7 Å². The third kappa shape index (κ3) is 2.84. The maximum absolute atomic E-state index is 12.2. The fourth-order valence-electron chi connectivity index (χ4n) is 1.89. The van der Waals surface area contributed by atoms with Gasteiger partial charge >= 0.3 is 0 Å². The number of thiazole rings is 1. The van der Waals surface area contributed by atoms with E-state index < -0.39 is 6.04 Å². The molecule has 0 saturated carbocycles. The molecule has 2 rings (SSSR count). The molecule has 0 fully saturated rings. The van der Waals surface area contributed by atoms with Gasteiger partial charge in [0.2, 0.25) is 5.91 Å². The van der Waals surface area contributed by atoms with Crippen LogP contribution in [0.15, 0.2) is 4.34 Å². The second-order valence-corrected chi connectivity index (χ2v) is 7.18. The summed E-state index contributed by atoms with van der Waals surface area (Å²) < 4.78 is 0.950. The summed E-state index contributed by atoms with van der Waals surface area (Å²) in [6.45, 7) is 5.30. The Bertz CT molecular complexity index is 447. The van der Waals surface area contributed by atoms with Gasteiger partial charge in [-0.1, -0.05) is 13.8 Å². The summed E-state index contributed by atoms with van der Waals surface area (Å²) in [4.78, 5) is 19.7. The molecule has 0 radical (unpaired) electrons. The SMILES string of the molecule is CC(C)C(N)C(=O)N1CCc2nc(SS)sc2C1. The zero-order valence-electron chi connectivity index (χ0n) is 10.4. The third-order valence-corrected chi connectivity index (χ3v) is 5.62. The van der Waals surface area contributed by atoms with E-state index in [1.807, 2.05) is 18.7 Å². The van der Waals surface area contributed by atoms with Gasteiger partial charge in [0, 0.05) is 17.8 Å². The van der Waals surface area contributed by atoms with Crippen molar-refractivity contribution in [2.75, 3.05) is 6.54 Å². The number of nitrogens with zero attached hydrogens (tertiary/aromatic N) is 2. The monoisotopic (exact) mass is 303 g/mol. The topological polar surface area (TPSA) is 59.2 Å². The van der Waals surface area contributed by atoms with Gasteiger partial charge in [-0.15, -0.1) is 23.0 Å². The van der Waals surface area contributed by atoms with Crippen LogP contribution in [-0.2, 0) is 17.8 Å². The van der Waals surface area contributed by atoms with Crippen LogP contribution in [0.4, 0.5) is 0 Å². The lowest BCUT2D eigenvalue weighted by molar-refractivity contribution is -0.134. The maximum Gasteiger partial charge on any atom is 0.240 e. The van der Waals surface area contributed by atoms with Gasteiger partial charge in [0.25, 0.3) is 0 Å². The highest BCUT2D eigenvalue weighted by Gasteiger charge is 2.28. The molecule has 1 aliphatic heterocycles. The molecular weight excluding hydrogens is 286 g/mol. The maximum atomic E-state index is 12.2. The van der Waals surface area contributed by atoms with Crippen LogP contribution in [0.25, 0.3) is 0 Å². The summed E-state index contributed by atoms with van der Waals surface area (Å²) in [5.74, 6) is 0.216. The number of nitrogens with two attached hydrogens (primary N) is 1. The van der Waals surface area contributed by atoms with E-state index in [0.29, 0.717) is 13.1 Å². The van der Waals surface area contributed by atoms with Crippen molar-refractivity contribution in [1.82, 2.24) is 9.88 Å². The van der Waals surface area contributed by atoms with Gasteiger partial charge in [-0.05, 0) is 16.7 Å². The minimum absolute atomic E-state index is 0.0455. The quantitative estimate of drug-likeness (QED) is 0.662. The molecule has 2 N–H and O–H groups in total. The van der Waals surface area contributed by atoms with Crippen LogP contribution in [0.2, 0.25) is 0 Å². The molecule has 0 aromatic carbocycles. The molecule has 4 nitrogen and oxygen atoms in total. The number of fused-ring (bicyclic) bond motifs is 1. The summed E-state index contributed by atoms with van der Waals surface area (Å²) in [6, 6.07) is -0.404. The molecule has 2 heterocycles. The van der Waals surface area contributed by atoms with Crippen LogP contribution in [0.5, 0.6) is 0 Å². The molecule has 0 bridgehead atoms. The molecule has 0 aliphatic carbocycles. The van der Waals surface area contributed by atoms with Gasteiger partial charge in [0.05, 0.1) is 18.3 Å². The normalized spacial score (nSPS) is 16.8. The molecule has 1 aliphatic rings. The Morgan fingerprint density at radius 1 is 1.61 bits per heavy atom. The van der Waals surface area contributed by atoms with Crippen molar-refractivity contribution < 1.29 is 4.79 Å². The lowest BCUT2D eigenvalue weighted by Crippen LogP contribution is -2.47. The second-order valence-electron chi connectivity index (χ2n) is 4.72. The molecule has 100 valence electrons. The first-order chi connectivity index (χ1) is 8.52. The van der Waals surface area contributed by atoms with Gasteiger partial charge in [0.15, 0.2) is 4.34 Å². The molecule has 18 heavy (non-hydrogen) atoms. The summed E-state index contributed by atoms with van der Waals surface area (Å²) in [6.07, 6.45) is 0.816. The van der Waals surface area contributed by atoms with Gasteiger partial charge in [0.1, 0.15) is 0 Å². The van der Waals surface area contributed by atoms with E-state index in [1.54, 1.807) is 11.3 Å². The van der Waals surface area contributed by atoms with Crippen LogP contribution in [0.3, 0.4) is 0 Å². The number of amides is 1. The van der Waals surface area contributed by atoms with Crippen LogP contribution in [0, 0.1) is 5.92 Å². The molecule has 0 saturated heterocycles. The van der Waals surface area contributed by atoms with E-state index in [-0.39, 0.29) is 11.8 Å². The average molecular weight is 303 g/mol. The first-order valence-electron chi connectivity index (χ1n) is 5.87. The summed E-state index contributed by atoms with van der Waals surface area (Å²) >= 11 is 5.77. The second kappa shape index (κ2) is 5.81. The predicted molar refractivity (Wildman–Crippen MR) is 78.9 cm³/mol. The van der Waals surface area contributed by atoms with Crippen LogP contribution in [0.1, 0.15) is 24.4 Å². The molecule has 1 unspecified atom stereocenters. The number of aromatic nitrogens is 1. The zero-order chi connectivity index (χ0) is 13.3. The fourth-order valence-corrected chi connectivity index (χ4v) is 3.81. The van der Waals surface area contributed by atoms with Crippen molar-refractivity contribution in [3.8, 4) is 0 Å². The Labute approximate surface area is 120 Å². The van der Waals surface area contributed by atoms with E-state index in [1.165, 1.54) is 15.7 Å². The molecule has 1 atom stereocenters. The van der Waals surface area contributed by atoms with E-state index >= 15 is 0 Å². The van der Waals surface area contributed by atoms with Crippen molar-refractivity contribution >= 4 is 39.7 Å². The van der Waals surface area contributed by atoms with Gasteiger partial charge in [-0.3, -0.25) is 4.79 Å². The Morgan fingerprint density at radius 3 is 2.94 bits per heavy atom. The standard InChI is InChI=1S/C11H17N3OS3/c1-6(2)9(12)10(15)14-4-3-7-8(5-14)17-11(13-7)18-16/h6,9,16H,3-5,12H2,1-2H3. The van der Waals surface area contributed by atoms with E-state index in [0.717, 1.165) is 16.5 Å². The minimum atomic E-state index is -0.404.